The molecule has 0 aliphatic carbocycles. The van der Waals surface area contributed by atoms with Crippen LogP contribution in [0.15, 0.2) is 78.4 Å². The molecule has 0 radical (unpaired) electrons. The summed E-state index contributed by atoms with van der Waals surface area (Å²) >= 11 is 6.31. The summed E-state index contributed by atoms with van der Waals surface area (Å²) in [5.41, 5.74) is -0.298. The van der Waals surface area contributed by atoms with Crippen LogP contribution < -0.4 is 4.74 Å². The van der Waals surface area contributed by atoms with Crippen molar-refractivity contribution in [1.82, 2.24) is 4.90 Å². The zero-order chi connectivity index (χ0) is 26.0. The monoisotopic (exact) mass is 515 g/mol. The van der Waals surface area contributed by atoms with E-state index in [9.17, 15) is 27.9 Å². The number of rotatable bonds is 6. The highest BCUT2D eigenvalue weighted by Gasteiger charge is 2.46. The van der Waals surface area contributed by atoms with E-state index in [2.05, 4.69) is 0 Å². The number of hydrogen-bond donors (Lipinski definition) is 1. The van der Waals surface area contributed by atoms with Crippen molar-refractivity contribution in [3.05, 3.63) is 106 Å². The van der Waals surface area contributed by atoms with Crippen LogP contribution in [-0.2, 0) is 22.3 Å². The summed E-state index contributed by atoms with van der Waals surface area (Å²) < 4.78 is 45.2. The Morgan fingerprint density at radius 1 is 1.03 bits per heavy atom. The number of benzene rings is 3. The van der Waals surface area contributed by atoms with Gasteiger partial charge in [0, 0.05) is 12.1 Å². The molecule has 186 valence electrons. The Kier molecular flexibility index (Phi) is 7.08. The number of Topliss-reactive ketones (excluding diaryl/α,β-unsaturated/α-hetero) is 1. The van der Waals surface area contributed by atoms with E-state index in [0.717, 1.165) is 17.0 Å². The van der Waals surface area contributed by atoms with Crippen molar-refractivity contribution >= 4 is 29.1 Å². The molecule has 1 unspecified atom stereocenters. The number of ketones is 1. The summed E-state index contributed by atoms with van der Waals surface area (Å²) in [4.78, 5) is 27.5. The van der Waals surface area contributed by atoms with Gasteiger partial charge in [-0.25, -0.2) is 0 Å². The molecule has 0 spiro atoms. The van der Waals surface area contributed by atoms with Gasteiger partial charge in [0.05, 0.1) is 28.8 Å². The van der Waals surface area contributed by atoms with E-state index >= 15 is 0 Å². The molecule has 0 saturated carbocycles. The number of aliphatic hydroxyl groups is 1. The molecule has 1 amide bonds. The summed E-state index contributed by atoms with van der Waals surface area (Å²) in [6.45, 7) is 1.85. The topological polar surface area (TPSA) is 66.8 Å². The summed E-state index contributed by atoms with van der Waals surface area (Å²) in [6.07, 6.45) is -4.56. The van der Waals surface area contributed by atoms with Crippen LogP contribution in [0.5, 0.6) is 5.75 Å². The minimum atomic E-state index is -4.56. The Morgan fingerprint density at radius 2 is 1.75 bits per heavy atom. The first-order chi connectivity index (χ1) is 17.1. The predicted octanol–water partition coefficient (Wildman–Crippen LogP) is 6.38. The van der Waals surface area contributed by atoms with Crippen LogP contribution in [0.25, 0.3) is 5.76 Å². The summed E-state index contributed by atoms with van der Waals surface area (Å²) in [5.74, 6) is -2.01. The molecule has 0 bridgehead atoms. The molecule has 5 nitrogen and oxygen atoms in total. The highest BCUT2D eigenvalue weighted by Crippen LogP contribution is 2.42. The molecule has 3 aromatic carbocycles. The summed E-state index contributed by atoms with van der Waals surface area (Å²) in [7, 11) is 0. The van der Waals surface area contributed by atoms with Gasteiger partial charge in [-0.2, -0.15) is 13.2 Å². The maximum Gasteiger partial charge on any atom is 0.416 e. The van der Waals surface area contributed by atoms with Gasteiger partial charge in [-0.05, 0) is 48.4 Å². The Bertz CT molecular complexity index is 1340. The van der Waals surface area contributed by atoms with Crippen LogP contribution in [0, 0.1) is 0 Å². The number of ether oxygens (including phenoxy) is 1. The normalized spacial score (nSPS) is 17.5. The molecule has 0 aromatic heterocycles. The zero-order valence-electron chi connectivity index (χ0n) is 19.1. The van der Waals surface area contributed by atoms with Crippen molar-refractivity contribution in [1.29, 1.82) is 0 Å². The lowest BCUT2D eigenvalue weighted by atomic mass is 9.95. The summed E-state index contributed by atoms with van der Waals surface area (Å²) in [6, 6.07) is 16.5. The van der Waals surface area contributed by atoms with Gasteiger partial charge in [-0.3, -0.25) is 9.59 Å². The highest BCUT2D eigenvalue weighted by molar-refractivity contribution is 6.47. The quantitative estimate of drug-likeness (QED) is 0.235. The highest BCUT2D eigenvalue weighted by atomic mass is 35.5. The fourth-order valence-corrected chi connectivity index (χ4v) is 4.36. The number of alkyl halides is 3. The molecular formula is C27H21ClF3NO4. The molecule has 36 heavy (non-hydrogen) atoms. The smallest absolute Gasteiger partial charge is 0.416 e. The van der Waals surface area contributed by atoms with Crippen molar-refractivity contribution in [3.63, 3.8) is 0 Å². The minimum absolute atomic E-state index is 0.0978. The van der Waals surface area contributed by atoms with E-state index in [1.807, 2.05) is 0 Å². The maximum absolute atomic E-state index is 13.2. The van der Waals surface area contributed by atoms with Gasteiger partial charge in [-0.1, -0.05) is 54.1 Å². The lowest BCUT2D eigenvalue weighted by Crippen LogP contribution is -2.29. The van der Waals surface area contributed by atoms with Gasteiger partial charge >= 0.3 is 6.18 Å². The maximum atomic E-state index is 13.2. The van der Waals surface area contributed by atoms with E-state index < -0.39 is 35.2 Å². The number of halogens is 4. The van der Waals surface area contributed by atoms with Crippen molar-refractivity contribution in [2.45, 2.75) is 25.7 Å². The second kappa shape index (κ2) is 10.1. The zero-order valence-corrected chi connectivity index (χ0v) is 19.8. The SMILES string of the molecule is CCOc1ccc(Cl)c(/C(O)=C2\C(=O)C(=O)N(Cc3cccc(C(F)(F)F)c3)C2c2ccccc2)c1. The number of nitrogens with zero attached hydrogens (tertiary/aromatic N) is 1. The minimum Gasteiger partial charge on any atom is -0.507 e. The Hall–Kier alpha value is -3.78. The first-order valence-corrected chi connectivity index (χ1v) is 11.4. The molecule has 3 aromatic rings. The number of likely N-dealkylation sites (tertiary alicyclic amines) is 1. The second-order valence-corrected chi connectivity index (χ2v) is 8.52. The lowest BCUT2D eigenvalue weighted by Gasteiger charge is -2.26. The van der Waals surface area contributed by atoms with Crippen LogP contribution >= 0.6 is 11.6 Å². The molecule has 1 fully saturated rings. The fraction of sp³-hybridized carbons (Fsp3) is 0.185. The molecule has 1 aliphatic heterocycles. The first-order valence-electron chi connectivity index (χ1n) is 11.0. The number of carbonyl (C=O) groups is 2. The molecule has 1 aliphatic rings. The van der Waals surface area contributed by atoms with Crippen molar-refractivity contribution < 1.29 is 32.6 Å². The average molecular weight is 516 g/mol. The molecule has 1 heterocycles. The van der Waals surface area contributed by atoms with Crippen molar-refractivity contribution in [3.8, 4) is 5.75 Å². The summed E-state index contributed by atoms with van der Waals surface area (Å²) in [5, 5.41) is 11.4. The van der Waals surface area contributed by atoms with Gasteiger partial charge in [-0.15, -0.1) is 0 Å². The number of amides is 1. The van der Waals surface area contributed by atoms with Gasteiger partial charge in [0.15, 0.2) is 0 Å². The third-order valence-electron chi connectivity index (χ3n) is 5.77. The Labute approximate surface area is 210 Å². The van der Waals surface area contributed by atoms with Gasteiger partial charge in [0.1, 0.15) is 11.5 Å². The van der Waals surface area contributed by atoms with Crippen LogP contribution in [-0.4, -0.2) is 28.3 Å². The van der Waals surface area contributed by atoms with E-state index in [0.29, 0.717) is 17.9 Å². The van der Waals surface area contributed by atoms with E-state index in [-0.39, 0.29) is 28.3 Å². The third kappa shape index (κ3) is 4.95. The molecule has 1 saturated heterocycles. The molecular weight excluding hydrogens is 495 g/mol. The van der Waals surface area contributed by atoms with Crippen LogP contribution in [0.4, 0.5) is 13.2 Å². The van der Waals surface area contributed by atoms with Gasteiger partial charge in [0.2, 0.25) is 0 Å². The van der Waals surface area contributed by atoms with Crippen molar-refractivity contribution in [2.24, 2.45) is 0 Å². The van der Waals surface area contributed by atoms with Gasteiger partial charge < -0.3 is 14.7 Å². The van der Waals surface area contributed by atoms with Crippen LogP contribution in [0.3, 0.4) is 0 Å². The van der Waals surface area contributed by atoms with Gasteiger partial charge in [0.25, 0.3) is 11.7 Å². The first kappa shape index (κ1) is 25.3. The Morgan fingerprint density at radius 3 is 2.42 bits per heavy atom. The average Bonchev–Trinajstić information content (AvgIpc) is 3.10. The van der Waals surface area contributed by atoms with Crippen molar-refractivity contribution in [2.75, 3.05) is 6.61 Å². The third-order valence-corrected chi connectivity index (χ3v) is 6.10. The molecule has 4 rings (SSSR count). The molecule has 1 N–H and O–H groups in total. The van der Waals surface area contributed by atoms with E-state index in [1.54, 1.807) is 43.3 Å². The second-order valence-electron chi connectivity index (χ2n) is 8.11. The number of carbonyl (C=O) groups excluding carboxylic acids is 2. The molecule has 9 heteroatoms. The number of hydrogen-bond acceptors (Lipinski definition) is 4. The molecule has 1 atom stereocenters. The standard InChI is InChI=1S/C27H21ClF3NO4/c1-2-36-19-11-12-21(28)20(14-19)24(33)22-23(17-8-4-3-5-9-17)32(26(35)25(22)34)15-16-7-6-10-18(13-16)27(29,30)31/h3-14,23,33H,2,15H2,1H3/b24-22+. The number of aliphatic hydroxyl groups excluding tert-OH is 1. The van der Waals surface area contributed by atoms with E-state index in [1.165, 1.54) is 24.3 Å². The van der Waals surface area contributed by atoms with Crippen LogP contribution in [0.1, 0.15) is 35.2 Å². The predicted molar refractivity (Wildman–Crippen MR) is 128 cm³/mol. The van der Waals surface area contributed by atoms with Crippen LogP contribution in [0.2, 0.25) is 5.02 Å². The van der Waals surface area contributed by atoms with E-state index in [4.69, 9.17) is 16.3 Å². The Balaban J connectivity index is 1.85. The lowest BCUT2D eigenvalue weighted by molar-refractivity contribution is -0.140. The fourth-order valence-electron chi connectivity index (χ4n) is 4.16. The largest absolute Gasteiger partial charge is 0.507 e.